The molecule has 3 aromatic rings. The molecule has 0 spiro atoms. The van der Waals surface area contributed by atoms with Crippen molar-refractivity contribution < 1.29 is 77.0 Å². The Hall–Kier alpha value is -4.71. The van der Waals surface area contributed by atoms with E-state index in [1.165, 1.54) is 5.38 Å². The number of aromatic amines is 1. The summed E-state index contributed by atoms with van der Waals surface area (Å²) in [4.78, 5) is 98.1. The molecule has 1 aliphatic rings. The van der Waals surface area contributed by atoms with E-state index in [9.17, 15) is 52.2 Å². The van der Waals surface area contributed by atoms with Crippen molar-refractivity contribution in [3.8, 4) is 17.3 Å². The maximum absolute atomic E-state index is 13.1. The van der Waals surface area contributed by atoms with Gasteiger partial charge < -0.3 is 36.3 Å². The van der Waals surface area contributed by atoms with Crippen LogP contribution >= 0.6 is 11.3 Å². The molecule has 0 aromatic carbocycles. The summed E-state index contributed by atoms with van der Waals surface area (Å²) in [6.45, 7) is 0.931. The van der Waals surface area contributed by atoms with E-state index in [0.29, 0.717) is 9.47 Å². The first-order chi connectivity index (χ1) is 21.8. The molecule has 24 heteroatoms. The first-order valence-electron chi connectivity index (χ1n) is 13.0. The minimum Gasteiger partial charge on any atom is -0.546 e. The van der Waals surface area contributed by atoms with Crippen molar-refractivity contribution in [1.82, 2.24) is 28.6 Å². The van der Waals surface area contributed by atoms with Crippen molar-refractivity contribution in [1.29, 1.82) is 0 Å². The number of aromatic nitrogens is 5. The zero-order valence-electron chi connectivity index (χ0n) is 25.2. The van der Waals surface area contributed by atoms with Gasteiger partial charge in [0.05, 0.1) is 17.6 Å². The zero-order chi connectivity index (χ0) is 35.0. The number of nitrogens with two attached hydrogens (primary N) is 2. The molecule has 4 heterocycles. The van der Waals surface area contributed by atoms with Gasteiger partial charge in [0.25, 0.3) is 10.0 Å². The van der Waals surface area contributed by atoms with E-state index in [1.54, 1.807) is 0 Å². The third-order valence-electron chi connectivity index (χ3n) is 6.49. The van der Waals surface area contributed by atoms with Gasteiger partial charge in [0.2, 0.25) is 23.2 Å². The molecule has 48 heavy (non-hydrogen) atoms. The second kappa shape index (κ2) is 14.2. The Morgan fingerprint density at radius 2 is 1.92 bits per heavy atom. The van der Waals surface area contributed by atoms with E-state index in [2.05, 4.69) is 20.2 Å². The van der Waals surface area contributed by atoms with Crippen LogP contribution in [-0.2, 0) is 45.4 Å². The minimum atomic E-state index is -4.95. The SMILES string of the molecule is CC(C)(O/N=C(\C(=O)C[C@H]1CN(C(=O)CS(=O)(=O)n2nc(-c3cc(=O)c(O)c[nH]3)n(CC(N)=O)c2=O)C1=O)c1csc(N)n1)C(=O)[O-].[Na+]. The molecule has 3 aromatic heterocycles. The number of primary amides is 1. The molecule has 21 nitrogen and oxygen atoms in total. The van der Waals surface area contributed by atoms with Gasteiger partial charge in [0.1, 0.15) is 12.2 Å². The number of carboxylic acids is 1. The van der Waals surface area contributed by atoms with Gasteiger partial charge in [-0.15, -0.1) is 20.5 Å². The van der Waals surface area contributed by atoms with Crippen LogP contribution in [0, 0.1) is 5.92 Å². The predicted molar refractivity (Wildman–Crippen MR) is 156 cm³/mol. The van der Waals surface area contributed by atoms with Crippen LogP contribution in [-0.4, -0.2) is 95.2 Å². The number of β-lactam (4-membered cyclic amide) rings is 1. The van der Waals surface area contributed by atoms with Gasteiger partial charge in [-0.25, -0.2) is 18.2 Å². The fourth-order valence-electron chi connectivity index (χ4n) is 3.97. The van der Waals surface area contributed by atoms with Crippen molar-refractivity contribution in [2.24, 2.45) is 16.8 Å². The second-order valence-electron chi connectivity index (χ2n) is 10.4. The molecule has 1 atom stereocenters. The molecule has 0 unspecified atom stereocenters. The van der Waals surface area contributed by atoms with Crippen LogP contribution in [0.1, 0.15) is 26.0 Å². The van der Waals surface area contributed by atoms with Crippen molar-refractivity contribution in [2.75, 3.05) is 18.0 Å². The number of pyridine rings is 1. The smallest absolute Gasteiger partial charge is 0.546 e. The number of nitrogen functional groups attached to an aromatic ring is 1. The molecule has 0 saturated carbocycles. The summed E-state index contributed by atoms with van der Waals surface area (Å²) in [5.74, 6) is -9.63. The maximum atomic E-state index is 13.1. The number of carbonyl (C=O) groups is 5. The molecule has 1 aliphatic heterocycles. The van der Waals surface area contributed by atoms with Crippen LogP contribution in [0.2, 0.25) is 0 Å². The summed E-state index contributed by atoms with van der Waals surface area (Å²) in [7, 11) is -4.95. The van der Waals surface area contributed by atoms with E-state index in [0.717, 1.165) is 37.4 Å². The Bertz CT molecular complexity index is 2080. The third kappa shape index (κ3) is 7.87. The van der Waals surface area contributed by atoms with Crippen molar-refractivity contribution in [3.63, 3.8) is 0 Å². The van der Waals surface area contributed by atoms with Gasteiger partial charge in [0.15, 0.2) is 39.6 Å². The molecule has 0 radical (unpaired) electrons. The Morgan fingerprint density at radius 3 is 2.46 bits per heavy atom. The molecule has 0 aliphatic carbocycles. The Morgan fingerprint density at radius 1 is 1.25 bits per heavy atom. The number of H-pyrrole nitrogens is 1. The van der Waals surface area contributed by atoms with E-state index < -0.39 is 105 Å². The number of Topliss-reactive ketones (excluding diaryl/α,β-unsaturated/α-hetero) is 1. The summed E-state index contributed by atoms with van der Waals surface area (Å²) < 4.78 is 26.6. The molecular formula is C24H24N9NaO12S2. The van der Waals surface area contributed by atoms with Crippen LogP contribution in [0.4, 0.5) is 5.13 Å². The van der Waals surface area contributed by atoms with Gasteiger partial charge in [-0.05, 0) is 13.8 Å². The van der Waals surface area contributed by atoms with E-state index in [-0.39, 0.29) is 50.2 Å². The van der Waals surface area contributed by atoms with Crippen LogP contribution in [0.3, 0.4) is 0 Å². The van der Waals surface area contributed by atoms with Gasteiger partial charge in [-0.3, -0.25) is 33.4 Å². The number of imide groups is 1. The standard InChI is InChI=1S/C24H25N9O12S2.Na/c1-24(2,21(40)41)45-30-18(12-8-46-22(26)28-12)14(35)3-10-6-31(20(10)39)17(38)9-47(43,44)33-23(42)32(7-16(25)37)19(29-33)11-4-13(34)15(36)5-27-11;/h4-5,8,10,36H,3,6-7,9H2,1-2H3,(H2,25,37)(H2,26,28)(H,27,34)(H,40,41);/q;+1/p-1/b30-18-;/t10-;/m0./s1. The Labute approximate surface area is 294 Å². The fourth-order valence-corrected chi connectivity index (χ4v) is 5.65. The van der Waals surface area contributed by atoms with Crippen LogP contribution in [0.5, 0.6) is 5.75 Å². The molecule has 250 valence electrons. The number of oxime groups is 1. The number of hydrogen-bond donors (Lipinski definition) is 4. The number of anilines is 1. The average Bonchev–Trinajstić information content (AvgIpc) is 3.54. The molecule has 1 saturated heterocycles. The molecule has 1 fully saturated rings. The van der Waals surface area contributed by atoms with Crippen molar-refractivity contribution in [3.05, 3.63) is 44.0 Å². The normalized spacial score (nSPS) is 15.0. The number of rotatable bonds is 13. The molecule has 4 rings (SSSR count). The van der Waals surface area contributed by atoms with Crippen LogP contribution < -0.4 is 57.2 Å². The second-order valence-corrected chi connectivity index (χ2v) is 13.1. The molecule has 0 bridgehead atoms. The first kappa shape index (κ1) is 37.7. The van der Waals surface area contributed by atoms with Crippen molar-refractivity contribution in [2.45, 2.75) is 32.4 Å². The molecule has 6 N–H and O–H groups in total. The summed E-state index contributed by atoms with van der Waals surface area (Å²) in [6, 6.07) is 0.771. The number of ketones is 1. The summed E-state index contributed by atoms with van der Waals surface area (Å²) in [5.41, 5.74) is 5.62. The number of aliphatic carboxylic acids is 1. The number of likely N-dealkylation sites (tertiary alicyclic amines) is 1. The van der Waals surface area contributed by atoms with Crippen LogP contribution in [0.25, 0.3) is 11.5 Å². The number of nitrogens with zero attached hydrogens (tertiary/aromatic N) is 6. The van der Waals surface area contributed by atoms with Gasteiger partial charge in [0, 0.05) is 30.6 Å². The third-order valence-corrected chi connectivity index (χ3v) is 8.54. The van der Waals surface area contributed by atoms with Crippen molar-refractivity contribution >= 4 is 61.7 Å². The fraction of sp³-hybridized carbons (Fsp3) is 0.333. The zero-order valence-corrected chi connectivity index (χ0v) is 28.9. The molecular weight excluding hydrogens is 693 g/mol. The topological polar surface area (TPSA) is 325 Å². The molecule has 3 amide bonds. The first-order valence-corrected chi connectivity index (χ1v) is 15.5. The summed E-state index contributed by atoms with van der Waals surface area (Å²) >= 11 is 0.936. The number of thiazole rings is 1. The number of nitrogens with one attached hydrogen (secondary N) is 1. The number of carboxylic acid groups (broad SMARTS) is 1. The van der Waals surface area contributed by atoms with E-state index in [4.69, 9.17) is 16.3 Å². The van der Waals surface area contributed by atoms with E-state index >= 15 is 0 Å². The Balaban J connectivity index is 0.00000625. The quantitative estimate of drug-likeness (QED) is 0.0552. The minimum absolute atomic E-state index is 0. The summed E-state index contributed by atoms with van der Waals surface area (Å²) in [5, 5.41) is 29.4. The number of carbonyl (C=O) groups excluding carboxylic acids is 5. The predicted octanol–water partition coefficient (Wildman–Crippen LogP) is -7.29. The Kier molecular flexibility index (Phi) is 11.2. The average molecular weight is 718 g/mol. The summed E-state index contributed by atoms with van der Waals surface area (Å²) in [6.07, 6.45) is 0.263. The maximum Gasteiger partial charge on any atom is 1.00 e. The van der Waals surface area contributed by atoms with Gasteiger partial charge >= 0.3 is 35.2 Å². The number of hydrogen-bond acceptors (Lipinski definition) is 17. The monoisotopic (exact) mass is 717 g/mol. The van der Waals surface area contributed by atoms with Gasteiger partial charge in [-0.1, -0.05) is 5.16 Å². The van der Waals surface area contributed by atoms with Gasteiger partial charge in [-0.2, -0.15) is 0 Å². The number of amides is 3. The van der Waals surface area contributed by atoms with Crippen LogP contribution in [0.15, 0.2) is 32.4 Å². The van der Waals surface area contributed by atoms with E-state index in [1.807, 2.05) is 0 Å². The largest absolute Gasteiger partial charge is 1.00 e. The number of aromatic hydroxyl groups is 1.